The van der Waals surface area contributed by atoms with Gasteiger partial charge in [0.25, 0.3) is 0 Å². The minimum absolute atomic E-state index is 0.0474. The normalized spacial score (nSPS) is 11.0. The zero-order valence-corrected chi connectivity index (χ0v) is 15.6. The Morgan fingerprint density at radius 2 is 1.69 bits per heavy atom. The summed E-state index contributed by atoms with van der Waals surface area (Å²) in [4.78, 5) is 20.9. The molecule has 4 aromatic rings. The summed E-state index contributed by atoms with van der Waals surface area (Å²) in [6, 6.07) is 16.1. The number of nitrogens with zero attached hydrogens (tertiary/aromatic N) is 2. The summed E-state index contributed by atoms with van der Waals surface area (Å²) in [5, 5.41) is 1.30. The molecule has 0 saturated heterocycles. The SMILES string of the molecule is Nc1nc(-c2ccccc2Cl)cc(-c2cc3cc(Br)ccc3oc2=O)n1. The lowest BCUT2D eigenvalue weighted by Gasteiger charge is -2.08. The Hall–Kier alpha value is -2.70. The number of nitrogen functional groups attached to an aromatic ring is 1. The van der Waals surface area contributed by atoms with Gasteiger partial charge in [-0.3, -0.25) is 0 Å². The number of halogens is 2. The fraction of sp³-hybridized carbons (Fsp3) is 0. The highest BCUT2D eigenvalue weighted by Gasteiger charge is 2.14. The summed E-state index contributed by atoms with van der Waals surface area (Å²) >= 11 is 9.66. The third-order valence-corrected chi connectivity index (χ3v) is 4.69. The molecule has 26 heavy (non-hydrogen) atoms. The molecule has 0 fully saturated rings. The summed E-state index contributed by atoms with van der Waals surface area (Å²) in [5.41, 5.74) is 7.79. The molecule has 5 nitrogen and oxygen atoms in total. The zero-order chi connectivity index (χ0) is 18.3. The van der Waals surface area contributed by atoms with E-state index in [1.807, 2.05) is 30.3 Å². The number of nitrogens with two attached hydrogens (primary N) is 1. The Morgan fingerprint density at radius 3 is 2.46 bits per heavy atom. The number of fused-ring (bicyclic) bond motifs is 1. The van der Waals surface area contributed by atoms with Crippen molar-refractivity contribution in [2.45, 2.75) is 0 Å². The smallest absolute Gasteiger partial charge is 0.345 e. The molecule has 0 spiro atoms. The first-order chi connectivity index (χ1) is 12.5. The van der Waals surface area contributed by atoms with Gasteiger partial charge in [-0.2, -0.15) is 0 Å². The highest BCUT2D eigenvalue weighted by atomic mass is 79.9. The molecule has 2 N–H and O–H groups in total. The van der Waals surface area contributed by atoms with E-state index in [-0.39, 0.29) is 5.95 Å². The van der Waals surface area contributed by atoms with Gasteiger partial charge in [0, 0.05) is 20.4 Å². The second-order valence-electron chi connectivity index (χ2n) is 5.61. The first-order valence-electron chi connectivity index (χ1n) is 7.64. The first kappa shape index (κ1) is 16.8. The molecule has 0 atom stereocenters. The van der Waals surface area contributed by atoms with Crippen LogP contribution in [0.15, 0.2) is 68.3 Å². The van der Waals surface area contributed by atoms with Crippen LogP contribution in [0.2, 0.25) is 5.02 Å². The van der Waals surface area contributed by atoms with Gasteiger partial charge in [0.2, 0.25) is 5.95 Å². The average molecular weight is 429 g/mol. The average Bonchev–Trinajstić information content (AvgIpc) is 2.61. The molecule has 128 valence electrons. The maximum atomic E-state index is 12.4. The van der Waals surface area contributed by atoms with E-state index < -0.39 is 5.63 Å². The van der Waals surface area contributed by atoms with Gasteiger partial charge in [-0.15, -0.1) is 0 Å². The largest absolute Gasteiger partial charge is 0.422 e. The summed E-state index contributed by atoms with van der Waals surface area (Å²) in [7, 11) is 0. The number of benzene rings is 2. The van der Waals surface area contributed by atoms with Gasteiger partial charge < -0.3 is 10.2 Å². The second kappa shape index (κ2) is 6.55. The van der Waals surface area contributed by atoms with E-state index >= 15 is 0 Å². The summed E-state index contributed by atoms with van der Waals surface area (Å²) in [5.74, 6) is 0.0474. The van der Waals surface area contributed by atoms with E-state index in [9.17, 15) is 4.79 Å². The van der Waals surface area contributed by atoms with Crippen molar-refractivity contribution in [2.24, 2.45) is 0 Å². The molecular formula is C19H11BrClN3O2. The Balaban J connectivity index is 1.94. The summed E-state index contributed by atoms with van der Waals surface area (Å²) < 4.78 is 6.29. The van der Waals surface area contributed by atoms with E-state index in [4.69, 9.17) is 21.8 Å². The van der Waals surface area contributed by atoms with Crippen LogP contribution in [0.4, 0.5) is 5.95 Å². The Morgan fingerprint density at radius 1 is 0.962 bits per heavy atom. The number of hydrogen-bond acceptors (Lipinski definition) is 5. The maximum Gasteiger partial charge on any atom is 0.345 e. The molecule has 0 bridgehead atoms. The second-order valence-corrected chi connectivity index (χ2v) is 6.93. The Labute approximate surface area is 161 Å². The van der Waals surface area contributed by atoms with Gasteiger partial charge >= 0.3 is 5.63 Å². The molecule has 2 aromatic heterocycles. The van der Waals surface area contributed by atoms with Crippen molar-refractivity contribution in [3.05, 3.63) is 74.5 Å². The third-order valence-electron chi connectivity index (χ3n) is 3.86. The van der Waals surface area contributed by atoms with Crippen molar-refractivity contribution in [3.8, 4) is 22.5 Å². The van der Waals surface area contributed by atoms with Crippen molar-refractivity contribution >= 4 is 44.4 Å². The highest BCUT2D eigenvalue weighted by molar-refractivity contribution is 9.10. The monoisotopic (exact) mass is 427 g/mol. The lowest BCUT2D eigenvalue weighted by molar-refractivity contribution is 0.563. The van der Waals surface area contributed by atoms with Gasteiger partial charge in [0.15, 0.2) is 0 Å². The van der Waals surface area contributed by atoms with Crippen LogP contribution in [-0.4, -0.2) is 9.97 Å². The highest BCUT2D eigenvalue weighted by Crippen LogP contribution is 2.29. The van der Waals surface area contributed by atoms with Crippen LogP contribution in [0.3, 0.4) is 0 Å². The molecule has 2 aromatic carbocycles. The predicted octanol–water partition coefficient (Wildman–Crippen LogP) is 4.92. The van der Waals surface area contributed by atoms with Crippen molar-refractivity contribution < 1.29 is 4.42 Å². The van der Waals surface area contributed by atoms with Crippen LogP contribution in [0, 0.1) is 0 Å². The van der Waals surface area contributed by atoms with Gasteiger partial charge in [0.1, 0.15) is 5.58 Å². The fourth-order valence-corrected chi connectivity index (χ4v) is 3.29. The molecule has 2 heterocycles. The lowest BCUT2D eigenvalue weighted by Crippen LogP contribution is -2.06. The van der Waals surface area contributed by atoms with Crippen LogP contribution < -0.4 is 11.4 Å². The maximum absolute atomic E-state index is 12.4. The molecule has 0 radical (unpaired) electrons. The van der Waals surface area contributed by atoms with Crippen LogP contribution in [-0.2, 0) is 0 Å². The minimum Gasteiger partial charge on any atom is -0.422 e. The Kier molecular flexibility index (Phi) is 4.22. The van der Waals surface area contributed by atoms with Crippen LogP contribution in [0.5, 0.6) is 0 Å². The van der Waals surface area contributed by atoms with E-state index in [0.717, 1.165) is 9.86 Å². The van der Waals surface area contributed by atoms with Crippen molar-refractivity contribution in [1.29, 1.82) is 0 Å². The van der Waals surface area contributed by atoms with Crippen LogP contribution >= 0.6 is 27.5 Å². The van der Waals surface area contributed by atoms with Gasteiger partial charge in [-0.05, 0) is 36.4 Å². The topological polar surface area (TPSA) is 82.0 Å². The lowest BCUT2D eigenvalue weighted by atomic mass is 10.1. The molecule has 0 unspecified atom stereocenters. The summed E-state index contributed by atoms with van der Waals surface area (Å²) in [6.45, 7) is 0. The van der Waals surface area contributed by atoms with Crippen LogP contribution in [0.1, 0.15) is 0 Å². The molecule has 0 amide bonds. The number of hydrogen-bond donors (Lipinski definition) is 1. The van der Waals surface area contributed by atoms with E-state index in [2.05, 4.69) is 25.9 Å². The number of rotatable bonds is 2. The van der Waals surface area contributed by atoms with Crippen molar-refractivity contribution in [3.63, 3.8) is 0 Å². The van der Waals surface area contributed by atoms with Crippen molar-refractivity contribution in [1.82, 2.24) is 9.97 Å². The quantitative estimate of drug-likeness (QED) is 0.458. The molecule has 7 heteroatoms. The van der Waals surface area contributed by atoms with E-state index in [1.54, 1.807) is 24.3 Å². The molecule has 0 aliphatic carbocycles. The van der Waals surface area contributed by atoms with E-state index in [0.29, 0.717) is 33.1 Å². The Bertz CT molecular complexity index is 1210. The fourth-order valence-electron chi connectivity index (χ4n) is 2.68. The van der Waals surface area contributed by atoms with Crippen LogP contribution in [0.25, 0.3) is 33.5 Å². The molecule has 0 aliphatic rings. The molecule has 4 rings (SSSR count). The minimum atomic E-state index is -0.497. The zero-order valence-electron chi connectivity index (χ0n) is 13.2. The third kappa shape index (κ3) is 3.09. The van der Waals surface area contributed by atoms with Gasteiger partial charge in [-0.25, -0.2) is 14.8 Å². The number of anilines is 1. The molecule has 0 saturated carbocycles. The van der Waals surface area contributed by atoms with Gasteiger partial charge in [-0.1, -0.05) is 45.7 Å². The van der Waals surface area contributed by atoms with E-state index in [1.165, 1.54) is 0 Å². The standard InChI is InChI=1S/C19H11BrClN3O2/c20-11-5-6-17-10(7-11)8-13(18(25)26-17)16-9-15(23-19(22)24-16)12-3-1-2-4-14(12)21/h1-9H,(H2,22,23,24). The summed E-state index contributed by atoms with van der Waals surface area (Å²) in [6.07, 6.45) is 0. The molecular weight excluding hydrogens is 418 g/mol. The number of aromatic nitrogens is 2. The first-order valence-corrected chi connectivity index (χ1v) is 8.81. The van der Waals surface area contributed by atoms with Crippen molar-refractivity contribution in [2.75, 3.05) is 5.73 Å². The van der Waals surface area contributed by atoms with Gasteiger partial charge in [0.05, 0.1) is 17.0 Å². The molecule has 0 aliphatic heterocycles. The predicted molar refractivity (Wildman–Crippen MR) is 106 cm³/mol.